The summed E-state index contributed by atoms with van der Waals surface area (Å²) in [5.41, 5.74) is 2.33. The summed E-state index contributed by atoms with van der Waals surface area (Å²) in [6.07, 6.45) is 1.88. The fourth-order valence-electron chi connectivity index (χ4n) is 3.25. The maximum Gasteiger partial charge on any atom is 0.261 e. The van der Waals surface area contributed by atoms with Crippen LogP contribution < -0.4 is 14.8 Å². The zero-order valence-electron chi connectivity index (χ0n) is 16.9. The molecule has 0 atom stereocenters. The molecule has 1 aromatic heterocycles. The first kappa shape index (κ1) is 22.1. The Bertz CT molecular complexity index is 1340. The van der Waals surface area contributed by atoms with Crippen LogP contribution in [0.15, 0.2) is 77.8 Å². The number of hydrogen-bond acceptors (Lipinski definition) is 4. The molecule has 0 radical (unpaired) electrons. The molecule has 0 saturated heterocycles. The summed E-state index contributed by atoms with van der Waals surface area (Å²) in [5, 5.41) is 4.07. The highest BCUT2D eigenvalue weighted by atomic mass is 35.5. The predicted octanol–water partition coefficient (Wildman–Crippen LogP) is 4.93. The molecule has 3 N–H and O–H groups in total. The normalized spacial score (nSPS) is 11.6. The molecular formula is C23H21ClFN3O3S. The first-order chi connectivity index (χ1) is 15.4. The van der Waals surface area contributed by atoms with Crippen LogP contribution in [0.3, 0.4) is 0 Å². The number of aromatic nitrogens is 1. The van der Waals surface area contributed by atoms with E-state index < -0.39 is 15.8 Å². The number of aromatic amines is 1. The second kappa shape index (κ2) is 9.60. The minimum absolute atomic E-state index is 0.109. The summed E-state index contributed by atoms with van der Waals surface area (Å²) in [6.45, 7) is 1.64. The van der Waals surface area contributed by atoms with Crippen molar-refractivity contribution in [3.63, 3.8) is 0 Å². The lowest BCUT2D eigenvalue weighted by Gasteiger charge is -2.11. The number of halogens is 2. The van der Waals surface area contributed by atoms with Gasteiger partial charge in [-0.15, -0.1) is 0 Å². The maximum absolute atomic E-state index is 13.3. The van der Waals surface area contributed by atoms with Gasteiger partial charge < -0.3 is 15.0 Å². The van der Waals surface area contributed by atoms with Crippen LogP contribution in [0.1, 0.15) is 5.56 Å². The van der Waals surface area contributed by atoms with E-state index in [9.17, 15) is 12.8 Å². The number of hydrogen-bond donors (Lipinski definition) is 3. The average molecular weight is 474 g/mol. The molecule has 4 aromatic rings. The lowest BCUT2D eigenvalue weighted by molar-refractivity contribution is 0.317. The molecule has 0 saturated carbocycles. The number of ether oxygens (including phenoxy) is 1. The molecule has 0 aliphatic rings. The largest absolute Gasteiger partial charge is 0.492 e. The molecule has 0 unspecified atom stereocenters. The van der Waals surface area contributed by atoms with Crippen molar-refractivity contribution >= 4 is 38.2 Å². The van der Waals surface area contributed by atoms with Crippen LogP contribution in [-0.2, 0) is 16.6 Å². The maximum atomic E-state index is 13.3. The fraction of sp³-hybridized carbons (Fsp3) is 0.130. The van der Waals surface area contributed by atoms with Crippen LogP contribution in [0.2, 0.25) is 5.02 Å². The number of nitrogens with one attached hydrogen (secondary N) is 3. The topological polar surface area (TPSA) is 83.2 Å². The Balaban J connectivity index is 1.31. The zero-order chi connectivity index (χ0) is 22.6. The van der Waals surface area contributed by atoms with Crippen molar-refractivity contribution in [2.45, 2.75) is 11.4 Å². The second-order valence-corrected chi connectivity index (χ2v) is 9.19. The Morgan fingerprint density at radius 3 is 2.72 bits per heavy atom. The SMILES string of the molecule is O=S(=O)(Nc1cccc(CNCCOc2cccc3[nH]ccc23)c1)c1ccc(F)c(Cl)c1. The molecule has 166 valence electrons. The van der Waals surface area contributed by atoms with Gasteiger partial charge >= 0.3 is 0 Å². The van der Waals surface area contributed by atoms with Crippen molar-refractivity contribution in [3.8, 4) is 5.75 Å². The summed E-state index contributed by atoms with van der Waals surface area (Å²) in [6, 6.07) is 18.1. The molecule has 1 heterocycles. The average Bonchev–Trinajstić information content (AvgIpc) is 3.25. The third-order valence-electron chi connectivity index (χ3n) is 4.80. The van der Waals surface area contributed by atoms with Gasteiger partial charge in [-0.1, -0.05) is 29.8 Å². The van der Waals surface area contributed by atoms with Gasteiger partial charge in [-0.3, -0.25) is 4.72 Å². The monoisotopic (exact) mass is 473 g/mol. The van der Waals surface area contributed by atoms with Crippen molar-refractivity contribution in [1.82, 2.24) is 10.3 Å². The molecule has 6 nitrogen and oxygen atoms in total. The van der Waals surface area contributed by atoms with Gasteiger partial charge in [0, 0.05) is 35.9 Å². The van der Waals surface area contributed by atoms with E-state index >= 15 is 0 Å². The van der Waals surface area contributed by atoms with Crippen LogP contribution in [0.5, 0.6) is 5.75 Å². The number of benzene rings is 3. The van der Waals surface area contributed by atoms with Crippen LogP contribution in [-0.4, -0.2) is 26.6 Å². The molecule has 3 aromatic carbocycles. The Labute approximate surface area is 190 Å². The molecule has 0 bridgehead atoms. The Kier molecular flexibility index (Phi) is 6.64. The minimum Gasteiger partial charge on any atom is -0.492 e. The molecule has 0 aliphatic carbocycles. The van der Waals surface area contributed by atoms with Gasteiger partial charge in [-0.05, 0) is 54.1 Å². The molecule has 4 rings (SSSR count). The van der Waals surface area contributed by atoms with Gasteiger partial charge in [0.15, 0.2) is 0 Å². The number of H-pyrrole nitrogens is 1. The lowest BCUT2D eigenvalue weighted by Crippen LogP contribution is -2.20. The minimum atomic E-state index is -3.89. The van der Waals surface area contributed by atoms with E-state index in [-0.39, 0.29) is 9.92 Å². The van der Waals surface area contributed by atoms with E-state index in [0.29, 0.717) is 25.4 Å². The summed E-state index contributed by atoms with van der Waals surface area (Å²) < 4.78 is 46.8. The highest BCUT2D eigenvalue weighted by Gasteiger charge is 2.16. The number of fused-ring (bicyclic) bond motifs is 1. The van der Waals surface area contributed by atoms with E-state index in [1.165, 1.54) is 6.07 Å². The Morgan fingerprint density at radius 1 is 1.03 bits per heavy atom. The van der Waals surface area contributed by atoms with E-state index in [2.05, 4.69) is 15.0 Å². The van der Waals surface area contributed by atoms with Crippen molar-refractivity contribution in [3.05, 3.63) is 89.3 Å². The quantitative estimate of drug-likeness (QED) is 0.301. The standard InChI is InChI=1S/C23H21ClFN3O3S/c24-20-14-18(7-8-21(20)25)32(29,30)28-17-4-1-3-16(13-17)15-26-11-12-31-23-6-2-5-22-19(23)9-10-27-22/h1-10,13-14,26-28H,11-12,15H2. The fourth-order valence-corrected chi connectivity index (χ4v) is 4.57. The number of anilines is 1. The Hall–Kier alpha value is -3.07. The van der Waals surface area contributed by atoms with Crippen LogP contribution in [0.4, 0.5) is 10.1 Å². The van der Waals surface area contributed by atoms with E-state index in [0.717, 1.165) is 34.3 Å². The molecule has 0 aliphatic heterocycles. The third kappa shape index (κ3) is 5.21. The molecular weight excluding hydrogens is 453 g/mol. The number of rotatable bonds is 9. The molecule has 32 heavy (non-hydrogen) atoms. The molecule has 0 fully saturated rings. The highest BCUT2D eigenvalue weighted by molar-refractivity contribution is 7.92. The van der Waals surface area contributed by atoms with Crippen molar-refractivity contribution in [2.75, 3.05) is 17.9 Å². The summed E-state index contributed by atoms with van der Waals surface area (Å²) in [7, 11) is -3.89. The van der Waals surface area contributed by atoms with Crippen LogP contribution in [0, 0.1) is 5.82 Å². The summed E-state index contributed by atoms with van der Waals surface area (Å²) in [5.74, 6) is 0.148. The van der Waals surface area contributed by atoms with Gasteiger partial charge in [0.25, 0.3) is 10.0 Å². The van der Waals surface area contributed by atoms with Gasteiger partial charge in [0.05, 0.1) is 9.92 Å². The third-order valence-corrected chi connectivity index (χ3v) is 6.47. The van der Waals surface area contributed by atoms with Gasteiger partial charge in [-0.2, -0.15) is 0 Å². The second-order valence-electron chi connectivity index (χ2n) is 7.10. The Morgan fingerprint density at radius 2 is 1.88 bits per heavy atom. The first-order valence-electron chi connectivity index (χ1n) is 9.89. The first-order valence-corrected chi connectivity index (χ1v) is 11.7. The van der Waals surface area contributed by atoms with E-state index in [1.54, 1.807) is 18.2 Å². The van der Waals surface area contributed by atoms with Crippen molar-refractivity contribution in [2.24, 2.45) is 0 Å². The summed E-state index contributed by atoms with van der Waals surface area (Å²) >= 11 is 5.71. The van der Waals surface area contributed by atoms with Crippen molar-refractivity contribution in [1.29, 1.82) is 0 Å². The van der Waals surface area contributed by atoms with E-state index in [1.807, 2.05) is 36.5 Å². The smallest absolute Gasteiger partial charge is 0.261 e. The summed E-state index contributed by atoms with van der Waals surface area (Å²) in [4.78, 5) is 3.04. The molecule has 9 heteroatoms. The van der Waals surface area contributed by atoms with E-state index in [4.69, 9.17) is 16.3 Å². The van der Waals surface area contributed by atoms with Crippen LogP contribution >= 0.6 is 11.6 Å². The lowest BCUT2D eigenvalue weighted by atomic mass is 10.2. The van der Waals surface area contributed by atoms with Crippen LogP contribution in [0.25, 0.3) is 10.9 Å². The molecule has 0 spiro atoms. The number of sulfonamides is 1. The zero-order valence-corrected chi connectivity index (χ0v) is 18.5. The van der Waals surface area contributed by atoms with Crippen molar-refractivity contribution < 1.29 is 17.5 Å². The van der Waals surface area contributed by atoms with Gasteiger partial charge in [0.2, 0.25) is 0 Å². The highest BCUT2D eigenvalue weighted by Crippen LogP contribution is 2.24. The molecule has 0 amide bonds. The van der Waals surface area contributed by atoms with Gasteiger partial charge in [0.1, 0.15) is 18.2 Å². The van der Waals surface area contributed by atoms with Gasteiger partial charge in [-0.25, -0.2) is 12.8 Å². The predicted molar refractivity (Wildman–Crippen MR) is 124 cm³/mol.